The first-order chi connectivity index (χ1) is 7.58. The molecule has 0 saturated heterocycles. The van der Waals surface area contributed by atoms with Gasteiger partial charge in [0.1, 0.15) is 11.5 Å². The maximum absolute atomic E-state index is 9.67. The van der Waals surface area contributed by atoms with Crippen molar-refractivity contribution in [2.75, 3.05) is 0 Å². The minimum Gasteiger partial charge on any atom is -0.508 e. The second kappa shape index (κ2) is 4.79. The molecular weight excluding hydrogens is 430 g/mol. The van der Waals surface area contributed by atoms with E-state index in [4.69, 9.17) is 0 Å². The number of phenols is 2. The van der Waals surface area contributed by atoms with E-state index in [0.717, 1.165) is 18.3 Å². The van der Waals surface area contributed by atoms with Gasteiger partial charge in [-0.15, -0.1) is 0 Å². The Morgan fingerprint density at radius 1 is 0.750 bits per heavy atom. The van der Waals surface area contributed by atoms with Crippen LogP contribution in [0.15, 0.2) is 36.4 Å². The van der Waals surface area contributed by atoms with Crippen molar-refractivity contribution in [3.05, 3.63) is 43.5 Å². The zero-order chi connectivity index (χ0) is 11.7. The molecule has 2 rings (SSSR count). The Labute approximate surface area is 121 Å². The third kappa shape index (κ3) is 2.42. The fraction of sp³-hybridized carbons (Fsp3) is 0. The van der Waals surface area contributed by atoms with E-state index in [1.165, 1.54) is 0 Å². The summed E-state index contributed by atoms with van der Waals surface area (Å²) in [5, 5.41) is 18.9. The Kier molecular flexibility index (Phi) is 3.58. The van der Waals surface area contributed by atoms with Crippen molar-refractivity contribution < 1.29 is 10.2 Å². The SMILES string of the molecule is Oc1ccc(-c2cc(I)c(O)c(I)c2)cc1. The van der Waals surface area contributed by atoms with Crippen LogP contribution in [0.1, 0.15) is 0 Å². The number of aromatic hydroxyl groups is 2. The van der Waals surface area contributed by atoms with Gasteiger partial charge >= 0.3 is 0 Å². The summed E-state index contributed by atoms with van der Waals surface area (Å²) in [5.74, 6) is 0.579. The van der Waals surface area contributed by atoms with Crippen molar-refractivity contribution in [2.45, 2.75) is 0 Å². The zero-order valence-corrected chi connectivity index (χ0v) is 12.4. The summed E-state index contributed by atoms with van der Waals surface area (Å²) < 4.78 is 1.65. The minimum atomic E-state index is 0.256. The molecule has 2 nitrogen and oxygen atoms in total. The van der Waals surface area contributed by atoms with Crippen LogP contribution >= 0.6 is 45.2 Å². The van der Waals surface area contributed by atoms with Gasteiger partial charge in [0.05, 0.1) is 7.14 Å². The highest BCUT2D eigenvalue weighted by molar-refractivity contribution is 14.1. The highest BCUT2D eigenvalue weighted by atomic mass is 127. The van der Waals surface area contributed by atoms with Gasteiger partial charge in [-0.2, -0.15) is 0 Å². The molecule has 0 spiro atoms. The second-order valence-electron chi connectivity index (χ2n) is 3.34. The van der Waals surface area contributed by atoms with Crippen molar-refractivity contribution in [3.63, 3.8) is 0 Å². The van der Waals surface area contributed by atoms with E-state index < -0.39 is 0 Å². The molecule has 0 radical (unpaired) electrons. The summed E-state index contributed by atoms with van der Waals surface area (Å²) in [5.41, 5.74) is 2.06. The van der Waals surface area contributed by atoms with Gasteiger partial charge in [-0.25, -0.2) is 0 Å². The fourth-order valence-electron chi connectivity index (χ4n) is 1.39. The van der Waals surface area contributed by atoms with Crippen molar-refractivity contribution in [1.82, 2.24) is 0 Å². The van der Waals surface area contributed by atoms with Gasteiger partial charge in [0, 0.05) is 0 Å². The molecule has 0 amide bonds. The number of phenolic OH excluding ortho intramolecular Hbond substituents is 2. The Morgan fingerprint density at radius 3 is 1.75 bits per heavy atom. The molecule has 0 aliphatic heterocycles. The molecule has 0 unspecified atom stereocenters. The third-order valence-electron chi connectivity index (χ3n) is 2.22. The van der Waals surface area contributed by atoms with Gasteiger partial charge in [-0.3, -0.25) is 0 Å². The van der Waals surface area contributed by atoms with Crippen LogP contribution in [-0.2, 0) is 0 Å². The molecule has 0 aliphatic carbocycles. The van der Waals surface area contributed by atoms with Crippen LogP contribution in [0.5, 0.6) is 11.5 Å². The Bertz CT molecular complexity index is 498. The fourth-order valence-corrected chi connectivity index (χ4v) is 3.15. The largest absolute Gasteiger partial charge is 0.508 e. The predicted molar refractivity (Wildman–Crippen MR) is 80.6 cm³/mol. The van der Waals surface area contributed by atoms with Crippen LogP contribution in [0, 0.1) is 7.14 Å². The molecule has 2 N–H and O–H groups in total. The maximum atomic E-state index is 9.67. The van der Waals surface area contributed by atoms with Gasteiger partial charge in [0.2, 0.25) is 0 Å². The molecule has 16 heavy (non-hydrogen) atoms. The standard InChI is InChI=1S/C12H8I2O2/c13-10-5-8(6-11(14)12(10)16)7-1-3-9(15)4-2-7/h1-6,15-16H. The normalized spacial score (nSPS) is 10.4. The van der Waals surface area contributed by atoms with E-state index >= 15 is 0 Å². The molecule has 0 bridgehead atoms. The lowest BCUT2D eigenvalue weighted by molar-refractivity contribution is 0.467. The molecular formula is C12H8I2O2. The first-order valence-corrected chi connectivity index (χ1v) is 6.71. The Morgan fingerprint density at radius 2 is 1.25 bits per heavy atom. The number of hydrogen-bond donors (Lipinski definition) is 2. The van der Waals surface area contributed by atoms with Crippen molar-refractivity contribution in [3.8, 4) is 22.6 Å². The topological polar surface area (TPSA) is 40.5 Å². The third-order valence-corrected chi connectivity index (χ3v) is 3.86. The lowest BCUT2D eigenvalue weighted by atomic mass is 10.1. The summed E-state index contributed by atoms with van der Waals surface area (Å²) in [6, 6.07) is 10.9. The molecule has 0 aromatic heterocycles. The predicted octanol–water partition coefficient (Wildman–Crippen LogP) is 3.97. The van der Waals surface area contributed by atoms with E-state index in [0.29, 0.717) is 5.75 Å². The summed E-state index contributed by atoms with van der Waals surface area (Å²) in [4.78, 5) is 0. The number of halogens is 2. The van der Waals surface area contributed by atoms with Crippen molar-refractivity contribution in [2.24, 2.45) is 0 Å². The van der Waals surface area contributed by atoms with Crippen LogP contribution in [-0.4, -0.2) is 10.2 Å². The first kappa shape index (κ1) is 12.0. The number of rotatable bonds is 1. The second-order valence-corrected chi connectivity index (χ2v) is 5.66. The average molecular weight is 438 g/mol. The summed E-state index contributed by atoms with van der Waals surface area (Å²) >= 11 is 4.21. The quantitative estimate of drug-likeness (QED) is 0.662. The number of hydrogen-bond acceptors (Lipinski definition) is 2. The summed E-state index contributed by atoms with van der Waals surface area (Å²) in [6.07, 6.45) is 0. The van der Waals surface area contributed by atoms with E-state index in [9.17, 15) is 10.2 Å². The smallest absolute Gasteiger partial charge is 0.142 e. The lowest BCUT2D eigenvalue weighted by Crippen LogP contribution is -1.84. The molecule has 0 atom stereocenters. The summed E-state index contributed by atoms with van der Waals surface area (Å²) in [6.45, 7) is 0. The zero-order valence-electron chi connectivity index (χ0n) is 8.11. The van der Waals surface area contributed by atoms with Gasteiger partial charge in [-0.1, -0.05) is 12.1 Å². The molecule has 2 aromatic rings. The first-order valence-electron chi connectivity index (χ1n) is 4.55. The van der Waals surface area contributed by atoms with Gasteiger partial charge < -0.3 is 10.2 Å². The van der Waals surface area contributed by atoms with Crippen LogP contribution in [0.4, 0.5) is 0 Å². The van der Waals surface area contributed by atoms with E-state index in [-0.39, 0.29) is 5.75 Å². The molecule has 2 aromatic carbocycles. The van der Waals surface area contributed by atoms with Gasteiger partial charge in [0.15, 0.2) is 0 Å². The minimum absolute atomic E-state index is 0.256. The highest BCUT2D eigenvalue weighted by Gasteiger charge is 2.07. The average Bonchev–Trinajstić information content (AvgIpc) is 2.26. The summed E-state index contributed by atoms with van der Waals surface area (Å²) in [7, 11) is 0. The molecule has 4 heteroatoms. The van der Waals surface area contributed by atoms with Crippen LogP contribution < -0.4 is 0 Å². The van der Waals surface area contributed by atoms with E-state index in [2.05, 4.69) is 45.2 Å². The highest BCUT2D eigenvalue weighted by Crippen LogP contribution is 2.32. The van der Waals surface area contributed by atoms with E-state index in [1.54, 1.807) is 12.1 Å². The van der Waals surface area contributed by atoms with Crippen LogP contribution in [0.3, 0.4) is 0 Å². The lowest BCUT2D eigenvalue weighted by Gasteiger charge is -2.06. The molecule has 0 heterocycles. The number of benzene rings is 2. The van der Waals surface area contributed by atoms with E-state index in [1.807, 2.05) is 24.3 Å². The Balaban J connectivity index is 2.52. The molecule has 0 aliphatic rings. The monoisotopic (exact) mass is 438 g/mol. The van der Waals surface area contributed by atoms with Gasteiger partial charge in [-0.05, 0) is 80.6 Å². The maximum Gasteiger partial charge on any atom is 0.142 e. The molecule has 0 saturated carbocycles. The van der Waals surface area contributed by atoms with Crippen LogP contribution in [0.25, 0.3) is 11.1 Å². The van der Waals surface area contributed by atoms with Crippen molar-refractivity contribution in [1.29, 1.82) is 0 Å². The molecule has 0 fully saturated rings. The Hall–Kier alpha value is -0.500. The molecule has 82 valence electrons. The van der Waals surface area contributed by atoms with Gasteiger partial charge in [0.25, 0.3) is 0 Å². The van der Waals surface area contributed by atoms with Crippen LogP contribution in [0.2, 0.25) is 0 Å². The van der Waals surface area contributed by atoms with Crippen molar-refractivity contribution >= 4 is 45.2 Å².